The smallest absolute Gasteiger partial charge is 0.266 e. The number of amides is 1. The SMILES string of the molecule is Cc1noc(C)c1CNC(=O)CCc1c(C)[nH]c(=O)c(C#N)c1C. The molecule has 0 fully saturated rings. The summed E-state index contributed by atoms with van der Waals surface area (Å²) in [6.07, 6.45) is 0.721. The fraction of sp³-hybridized carbons (Fsp3) is 0.412. The summed E-state index contributed by atoms with van der Waals surface area (Å²) in [5, 5.41) is 15.8. The van der Waals surface area contributed by atoms with Gasteiger partial charge in [0, 0.05) is 24.2 Å². The number of aromatic nitrogens is 2. The van der Waals surface area contributed by atoms with Crippen LogP contribution in [0.3, 0.4) is 0 Å². The first-order valence-electron chi connectivity index (χ1n) is 7.66. The number of H-pyrrole nitrogens is 1. The number of carbonyl (C=O) groups is 1. The van der Waals surface area contributed by atoms with Crippen LogP contribution in [0.2, 0.25) is 0 Å². The van der Waals surface area contributed by atoms with E-state index in [-0.39, 0.29) is 23.5 Å². The molecule has 126 valence electrons. The van der Waals surface area contributed by atoms with Gasteiger partial charge in [0.15, 0.2) is 0 Å². The zero-order valence-electron chi connectivity index (χ0n) is 14.2. The summed E-state index contributed by atoms with van der Waals surface area (Å²) >= 11 is 0. The Balaban J connectivity index is 2.02. The second kappa shape index (κ2) is 7.13. The Morgan fingerprint density at radius 2 is 2.00 bits per heavy atom. The molecule has 2 aromatic heterocycles. The van der Waals surface area contributed by atoms with Crippen molar-refractivity contribution in [2.75, 3.05) is 0 Å². The minimum Gasteiger partial charge on any atom is -0.361 e. The molecule has 1 amide bonds. The maximum absolute atomic E-state index is 12.1. The summed E-state index contributed by atoms with van der Waals surface area (Å²) in [6.45, 7) is 7.50. The van der Waals surface area contributed by atoms with Crippen molar-refractivity contribution in [3.63, 3.8) is 0 Å². The maximum Gasteiger partial charge on any atom is 0.266 e. The molecule has 2 aromatic rings. The quantitative estimate of drug-likeness (QED) is 0.868. The average Bonchev–Trinajstić information content (AvgIpc) is 2.83. The van der Waals surface area contributed by atoms with Gasteiger partial charge in [-0.3, -0.25) is 9.59 Å². The second-order valence-electron chi connectivity index (χ2n) is 5.75. The minimum atomic E-state index is -0.390. The highest BCUT2D eigenvalue weighted by molar-refractivity contribution is 5.76. The molecule has 0 aliphatic carbocycles. The summed E-state index contributed by atoms with van der Waals surface area (Å²) in [4.78, 5) is 26.4. The van der Waals surface area contributed by atoms with Gasteiger partial charge in [0.1, 0.15) is 17.4 Å². The van der Waals surface area contributed by atoms with Gasteiger partial charge < -0.3 is 14.8 Å². The molecule has 0 bridgehead atoms. The van der Waals surface area contributed by atoms with Gasteiger partial charge in [-0.2, -0.15) is 5.26 Å². The molecule has 0 saturated carbocycles. The standard InChI is InChI=1S/C17H20N4O3/c1-9-13(10(2)20-17(23)14(9)7-18)5-6-16(22)19-8-15-11(3)21-24-12(15)4/h5-6,8H2,1-4H3,(H,19,22)(H,20,23). The fourth-order valence-electron chi connectivity index (χ4n) is 2.69. The van der Waals surface area contributed by atoms with Crippen LogP contribution < -0.4 is 10.9 Å². The Morgan fingerprint density at radius 1 is 1.29 bits per heavy atom. The molecule has 2 rings (SSSR count). The third-order valence-electron chi connectivity index (χ3n) is 4.17. The third kappa shape index (κ3) is 3.54. The molecule has 0 spiro atoms. The van der Waals surface area contributed by atoms with E-state index in [1.165, 1.54) is 0 Å². The number of rotatable bonds is 5. The van der Waals surface area contributed by atoms with Crippen molar-refractivity contribution in [1.82, 2.24) is 15.5 Å². The van der Waals surface area contributed by atoms with Crippen molar-refractivity contribution in [2.45, 2.75) is 47.1 Å². The number of aromatic amines is 1. The van der Waals surface area contributed by atoms with Gasteiger partial charge in [0.2, 0.25) is 5.91 Å². The summed E-state index contributed by atoms with van der Waals surface area (Å²) in [6, 6.07) is 1.91. The van der Waals surface area contributed by atoms with E-state index in [9.17, 15) is 9.59 Å². The molecule has 0 radical (unpaired) electrons. The van der Waals surface area contributed by atoms with Gasteiger partial charge in [0.25, 0.3) is 5.56 Å². The third-order valence-corrected chi connectivity index (χ3v) is 4.17. The van der Waals surface area contributed by atoms with E-state index in [0.29, 0.717) is 30.0 Å². The van der Waals surface area contributed by atoms with Crippen LogP contribution in [0.4, 0.5) is 0 Å². The van der Waals surface area contributed by atoms with Crippen molar-refractivity contribution in [1.29, 1.82) is 5.26 Å². The molecule has 0 aliphatic rings. The highest BCUT2D eigenvalue weighted by Gasteiger charge is 2.14. The second-order valence-corrected chi connectivity index (χ2v) is 5.75. The normalized spacial score (nSPS) is 10.5. The first-order valence-corrected chi connectivity index (χ1v) is 7.66. The van der Waals surface area contributed by atoms with Crippen LogP contribution in [0.15, 0.2) is 9.32 Å². The number of nitrogens with one attached hydrogen (secondary N) is 2. The molecule has 7 heteroatoms. The lowest BCUT2D eigenvalue weighted by Gasteiger charge is -2.11. The maximum atomic E-state index is 12.1. The van der Waals surface area contributed by atoms with Crippen LogP contribution >= 0.6 is 0 Å². The van der Waals surface area contributed by atoms with Crippen LogP contribution in [0, 0.1) is 39.0 Å². The minimum absolute atomic E-state index is 0.103. The monoisotopic (exact) mass is 328 g/mol. The topological polar surface area (TPSA) is 112 Å². The van der Waals surface area contributed by atoms with Crippen molar-refractivity contribution < 1.29 is 9.32 Å². The Morgan fingerprint density at radius 3 is 2.58 bits per heavy atom. The largest absolute Gasteiger partial charge is 0.361 e. The van der Waals surface area contributed by atoms with Gasteiger partial charge in [-0.25, -0.2) is 0 Å². The Kier molecular flexibility index (Phi) is 5.19. The van der Waals surface area contributed by atoms with Crippen LogP contribution in [-0.4, -0.2) is 16.0 Å². The molecule has 0 atom stereocenters. The zero-order chi connectivity index (χ0) is 17.9. The number of nitriles is 1. The van der Waals surface area contributed by atoms with E-state index >= 15 is 0 Å². The first-order chi connectivity index (χ1) is 11.3. The van der Waals surface area contributed by atoms with Crippen molar-refractivity contribution >= 4 is 5.91 Å². The summed E-state index contributed by atoms with van der Waals surface area (Å²) in [5.74, 6) is 0.581. The van der Waals surface area contributed by atoms with Crippen molar-refractivity contribution in [3.8, 4) is 6.07 Å². The molecular weight excluding hydrogens is 308 g/mol. The summed E-state index contributed by atoms with van der Waals surface area (Å²) in [5.41, 5.74) is 3.52. The van der Waals surface area contributed by atoms with Crippen LogP contribution in [0.5, 0.6) is 0 Å². The molecule has 24 heavy (non-hydrogen) atoms. The van der Waals surface area contributed by atoms with E-state index in [1.54, 1.807) is 20.8 Å². The Labute approximate surface area is 139 Å². The number of aryl methyl sites for hydroxylation is 3. The highest BCUT2D eigenvalue weighted by atomic mass is 16.5. The average molecular weight is 328 g/mol. The molecule has 2 heterocycles. The molecular formula is C17H20N4O3. The zero-order valence-corrected chi connectivity index (χ0v) is 14.2. The number of nitrogens with zero attached hydrogens (tertiary/aromatic N) is 2. The van der Waals surface area contributed by atoms with E-state index in [2.05, 4.69) is 15.5 Å². The predicted octanol–water partition coefficient (Wildman–Crippen LogP) is 1.72. The summed E-state index contributed by atoms with van der Waals surface area (Å²) in [7, 11) is 0. The van der Waals surface area contributed by atoms with Gasteiger partial charge in [0.05, 0.1) is 5.69 Å². The van der Waals surface area contributed by atoms with Gasteiger partial charge in [-0.05, 0) is 45.2 Å². The number of carbonyl (C=O) groups excluding carboxylic acids is 1. The molecule has 7 nitrogen and oxygen atoms in total. The van der Waals surface area contributed by atoms with Crippen molar-refractivity contribution in [3.05, 3.63) is 49.8 Å². The summed E-state index contributed by atoms with van der Waals surface area (Å²) < 4.78 is 5.06. The van der Waals surface area contributed by atoms with Gasteiger partial charge in [-0.15, -0.1) is 0 Å². The number of hydrogen-bond acceptors (Lipinski definition) is 5. The van der Waals surface area contributed by atoms with Gasteiger partial charge >= 0.3 is 0 Å². The first kappa shape index (κ1) is 17.5. The number of hydrogen-bond donors (Lipinski definition) is 2. The van der Waals surface area contributed by atoms with E-state index in [0.717, 1.165) is 16.8 Å². The number of pyridine rings is 1. The van der Waals surface area contributed by atoms with E-state index in [4.69, 9.17) is 9.78 Å². The van der Waals surface area contributed by atoms with Gasteiger partial charge in [-0.1, -0.05) is 5.16 Å². The van der Waals surface area contributed by atoms with Crippen molar-refractivity contribution in [2.24, 2.45) is 0 Å². The molecule has 2 N–H and O–H groups in total. The van der Waals surface area contributed by atoms with E-state index in [1.807, 2.05) is 13.0 Å². The predicted molar refractivity (Wildman–Crippen MR) is 87.4 cm³/mol. The molecule has 0 aromatic carbocycles. The van der Waals surface area contributed by atoms with E-state index < -0.39 is 0 Å². The molecule has 0 saturated heterocycles. The Bertz CT molecular complexity index is 852. The molecule has 0 unspecified atom stereocenters. The highest BCUT2D eigenvalue weighted by Crippen LogP contribution is 2.15. The Hall–Kier alpha value is -2.88. The molecule has 0 aliphatic heterocycles. The van der Waals surface area contributed by atoms with Crippen LogP contribution in [-0.2, 0) is 17.8 Å². The van der Waals surface area contributed by atoms with Crippen LogP contribution in [0.1, 0.15) is 45.8 Å². The fourth-order valence-corrected chi connectivity index (χ4v) is 2.69. The lowest BCUT2D eigenvalue weighted by molar-refractivity contribution is -0.121. The van der Waals surface area contributed by atoms with Crippen LogP contribution in [0.25, 0.3) is 0 Å². The lowest BCUT2D eigenvalue weighted by atomic mass is 9.99. The lowest BCUT2D eigenvalue weighted by Crippen LogP contribution is -2.24.